The normalized spacial score (nSPS) is 12.1. The van der Waals surface area contributed by atoms with Crippen LogP contribution in [0.2, 0.25) is 0 Å². The second-order valence-electron chi connectivity index (χ2n) is 5.23. The number of aromatic nitrogens is 2. The zero-order chi connectivity index (χ0) is 16.3. The van der Waals surface area contributed by atoms with Crippen LogP contribution in [0.25, 0.3) is 0 Å². The zero-order valence-electron chi connectivity index (χ0n) is 12.8. The van der Waals surface area contributed by atoms with E-state index in [2.05, 4.69) is 4.98 Å². The lowest BCUT2D eigenvalue weighted by Gasteiger charge is -2.28. The van der Waals surface area contributed by atoms with Gasteiger partial charge in [-0.25, -0.2) is 4.79 Å². The maximum Gasteiger partial charge on any atom is 0.328 e. The molecule has 0 aliphatic heterocycles. The molecule has 2 heterocycles. The highest BCUT2D eigenvalue weighted by Gasteiger charge is 2.23. The molecule has 0 fully saturated rings. The lowest BCUT2D eigenvalue weighted by atomic mass is 10.1. The predicted molar refractivity (Wildman–Crippen MR) is 86.2 cm³/mol. The van der Waals surface area contributed by atoms with Crippen LogP contribution in [-0.4, -0.2) is 26.4 Å². The molecular weight excluding hydrogens is 302 g/mol. The van der Waals surface area contributed by atoms with Gasteiger partial charge in [-0.1, -0.05) is 6.92 Å². The van der Waals surface area contributed by atoms with Gasteiger partial charge in [0.25, 0.3) is 11.5 Å². The van der Waals surface area contributed by atoms with E-state index >= 15 is 0 Å². The van der Waals surface area contributed by atoms with Crippen LogP contribution in [0, 0.1) is 0 Å². The summed E-state index contributed by atoms with van der Waals surface area (Å²) in [4.78, 5) is 39.9. The summed E-state index contributed by atoms with van der Waals surface area (Å²) in [6, 6.07) is 1.95. The molecule has 1 amide bonds. The molecule has 0 spiro atoms. The Kier molecular flexibility index (Phi) is 4.97. The third-order valence-corrected chi connectivity index (χ3v) is 4.39. The maximum absolute atomic E-state index is 12.7. The molecule has 7 heteroatoms. The molecule has 0 aromatic carbocycles. The molecule has 2 aromatic rings. The Hall–Kier alpha value is -2.15. The molecule has 2 aromatic heterocycles. The van der Waals surface area contributed by atoms with Gasteiger partial charge in [0.15, 0.2) is 0 Å². The van der Waals surface area contributed by atoms with Crippen molar-refractivity contribution in [2.75, 3.05) is 0 Å². The van der Waals surface area contributed by atoms with Crippen LogP contribution in [0.15, 0.2) is 32.6 Å². The molecule has 1 N–H and O–H groups in total. The number of aromatic amines is 1. The molecule has 0 saturated carbocycles. The van der Waals surface area contributed by atoms with Gasteiger partial charge in [-0.3, -0.25) is 14.6 Å². The molecular formula is C15H19N3O3S. The van der Waals surface area contributed by atoms with Crippen molar-refractivity contribution in [1.29, 1.82) is 0 Å². The molecule has 1 atom stereocenters. The molecule has 0 aliphatic rings. The van der Waals surface area contributed by atoms with E-state index in [0.29, 0.717) is 6.54 Å². The van der Waals surface area contributed by atoms with E-state index in [4.69, 9.17) is 0 Å². The van der Waals surface area contributed by atoms with Crippen molar-refractivity contribution in [2.45, 2.75) is 32.9 Å². The Labute approximate surface area is 132 Å². The maximum atomic E-state index is 12.7. The van der Waals surface area contributed by atoms with Crippen molar-refractivity contribution < 1.29 is 4.79 Å². The molecule has 1 unspecified atom stereocenters. The highest BCUT2D eigenvalue weighted by molar-refractivity contribution is 7.07. The molecule has 0 saturated heterocycles. The monoisotopic (exact) mass is 321 g/mol. The Balaban J connectivity index is 2.39. The number of H-pyrrole nitrogens is 1. The van der Waals surface area contributed by atoms with Gasteiger partial charge in [-0.15, -0.1) is 0 Å². The number of hydrogen-bond donors (Lipinski definition) is 1. The molecule has 118 valence electrons. The van der Waals surface area contributed by atoms with Gasteiger partial charge in [-0.05, 0) is 35.7 Å². The SMILES string of the molecule is CCC(C)N(Cc1ccsc1)C(=O)c1cn(C)c(=O)[nH]c1=O. The minimum Gasteiger partial charge on any atom is -0.331 e. The van der Waals surface area contributed by atoms with Crippen molar-refractivity contribution in [3.8, 4) is 0 Å². The third-order valence-electron chi connectivity index (χ3n) is 3.66. The highest BCUT2D eigenvalue weighted by Crippen LogP contribution is 2.15. The first-order valence-electron chi connectivity index (χ1n) is 7.06. The summed E-state index contributed by atoms with van der Waals surface area (Å²) in [6.07, 6.45) is 2.08. The summed E-state index contributed by atoms with van der Waals surface area (Å²) in [5.41, 5.74) is -0.168. The van der Waals surface area contributed by atoms with Crippen LogP contribution in [0.5, 0.6) is 0 Å². The number of thiophene rings is 1. The largest absolute Gasteiger partial charge is 0.331 e. The van der Waals surface area contributed by atoms with Crippen LogP contribution >= 0.6 is 11.3 Å². The topological polar surface area (TPSA) is 75.2 Å². The molecule has 2 rings (SSSR count). The third kappa shape index (κ3) is 3.36. The van der Waals surface area contributed by atoms with Crippen LogP contribution in [0.1, 0.15) is 36.2 Å². The fraction of sp³-hybridized carbons (Fsp3) is 0.400. The van der Waals surface area contributed by atoms with E-state index in [1.807, 2.05) is 30.7 Å². The quantitative estimate of drug-likeness (QED) is 0.908. The first kappa shape index (κ1) is 16.2. The molecule has 6 nitrogen and oxygen atoms in total. The van der Waals surface area contributed by atoms with Crippen molar-refractivity contribution in [1.82, 2.24) is 14.5 Å². The van der Waals surface area contributed by atoms with Crippen LogP contribution in [0.3, 0.4) is 0 Å². The summed E-state index contributed by atoms with van der Waals surface area (Å²) in [6.45, 7) is 4.38. The molecule has 22 heavy (non-hydrogen) atoms. The number of carbonyl (C=O) groups excluding carboxylic acids is 1. The fourth-order valence-electron chi connectivity index (χ4n) is 2.10. The van der Waals surface area contributed by atoms with Crippen molar-refractivity contribution in [2.24, 2.45) is 7.05 Å². The van der Waals surface area contributed by atoms with Gasteiger partial charge in [0, 0.05) is 25.8 Å². The molecule has 0 radical (unpaired) electrons. The van der Waals surface area contributed by atoms with Gasteiger partial charge in [0.05, 0.1) is 0 Å². The lowest BCUT2D eigenvalue weighted by molar-refractivity contribution is 0.0669. The number of nitrogens with zero attached hydrogens (tertiary/aromatic N) is 2. The Morgan fingerprint density at radius 2 is 2.18 bits per heavy atom. The van der Waals surface area contributed by atoms with Crippen molar-refractivity contribution in [3.63, 3.8) is 0 Å². The number of rotatable bonds is 5. The van der Waals surface area contributed by atoms with E-state index in [0.717, 1.165) is 12.0 Å². The van der Waals surface area contributed by atoms with E-state index in [-0.39, 0.29) is 17.5 Å². The number of aryl methyl sites for hydroxylation is 1. The minimum atomic E-state index is -0.647. The van der Waals surface area contributed by atoms with E-state index < -0.39 is 11.2 Å². The van der Waals surface area contributed by atoms with Gasteiger partial charge in [-0.2, -0.15) is 11.3 Å². The van der Waals surface area contributed by atoms with Crippen LogP contribution in [-0.2, 0) is 13.6 Å². The number of amides is 1. The molecule has 0 bridgehead atoms. The smallest absolute Gasteiger partial charge is 0.328 e. The van der Waals surface area contributed by atoms with Gasteiger partial charge in [0.2, 0.25) is 0 Å². The highest BCUT2D eigenvalue weighted by atomic mass is 32.1. The van der Waals surface area contributed by atoms with E-state index in [9.17, 15) is 14.4 Å². The second kappa shape index (κ2) is 6.74. The second-order valence-corrected chi connectivity index (χ2v) is 6.01. The summed E-state index contributed by atoms with van der Waals surface area (Å²) in [5.74, 6) is -0.364. The van der Waals surface area contributed by atoms with Crippen LogP contribution in [0.4, 0.5) is 0 Å². The lowest BCUT2D eigenvalue weighted by Crippen LogP contribution is -2.42. The van der Waals surface area contributed by atoms with Crippen molar-refractivity contribution >= 4 is 17.2 Å². The number of nitrogens with one attached hydrogen (secondary N) is 1. The van der Waals surface area contributed by atoms with E-state index in [1.54, 1.807) is 16.2 Å². The zero-order valence-corrected chi connectivity index (χ0v) is 13.6. The summed E-state index contributed by atoms with van der Waals surface area (Å²) >= 11 is 1.56. The van der Waals surface area contributed by atoms with Crippen molar-refractivity contribution in [3.05, 3.63) is 55.0 Å². The molecule has 0 aliphatic carbocycles. The minimum absolute atomic E-state index is 0.0102. The summed E-state index contributed by atoms with van der Waals surface area (Å²) in [5, 5.41) is 3.93. The van der Waals surface area contributed by atoms with Gasteiger partial charge in [0.1, 0.15) is 5.56 Å². The standard InChI is InChI=1S/C15H19N3O3S/c1-4-10(2)18(7-11-5-6-22-9-11)14(20)12-8-17(3)15(21)16-13(12)19/h5-6,8-10H,4,7H2,1-3H3,(H,16,19,21). The average Bonchev–Trinajstić information content (AvgIpc) is 3.00. The Morgan fingerprint density at radius 3 is 2.77 bits per heavy atom. The van der Waals surface area contributed by atoms with E-state index in [1.165, 1.54) is 17.8 Å². The predicted octanol–water partition coefficient (Wildman–Crippen LogP) is 1.58. The summed E-state index contributed by atoms with van der Waals surface area (Å²) in [7, 11) is 1.50. The van der Waals surface area contributed by atoms with Crippen LogP contribution < -0.4 is 11.2 Å². The Bertz CT molecular complexity index is 761. The fourth-order valence-corrected chi connectivity index (χ4v) is 2.76. The first-order valence-corrected chi connectivity index (χ1v) is 8.00. The van der Waals surface area contributed by atoms with Gasteiger partial charge >= 0.3 is 5.69 Å². The number of carbonyl (C=O) groups is 1. The average molecular weight is 321 g/mol. The summed E-state index contributed by atoms with van der Waals surface area (Å²) < 4.78 is 1.20. The first-order chi connectivity index (χ1) is 10.4. The number of hydrogen-bond acceptors (Lipinski definition) is 4. The Morgan fingerprint density at radius 1 is 1.45 bits per heavy atom. The van der Waals surface area contributed by atoms with Gasteiger partial charge < -0.3 is 9.47 Å².